The lowest BCUT2D eigenvalue weighted by Crippen LogP contribution is -2.15. The Morgan fingerprint density at radius 3 is 2.04 bits per heavy atom. The van der Waals surface area contributed by atoms with Crippen LogP contribution >= 0.6 is 0 Å². The van der Waals surface area contributed by atoms with E-state index in [2.05, 4.69) is 122 Å². The summed E-state index contributed by atoms with van der Waals surface area (Å²) in [4.78, 5) is 7.21. The number of fused-ring (bicyclic) bond motifs is 8. The molecule has 0 aliphatic heterocycles. The van der Waals surface area contributed by atoms with E-state index in [9.17, 15) is 0 Å². The second-order valence-corrected chi connectivity index (χ2v) is 13.3. The molecule has 0 N–H and O–H groups in total. The first kappa shape index (κ1) is 27.0. The van der Waals surface area contributed by atoms with Crippen molar-refractivity contribution < 1.29 is 8.83 Å². The number of benzene rings is 7. The minimum atomic E-state index is -0.170. The fourth-order valence-electron chi connectivity index (χ4n) is 7.60. The van der Waals surface area contributed by atoms with Gasteiger partial charge < -0.3 is 13.7 Å². The van der Waals surface area contributed by atoms with Crippen molar-refractivity contribution >= 4 is 60.9 Å². The van der Waals surface area contributed by atoms with E-state index in [1.165, 1.54) is 33.0 Å². The summed E-state index contributed by atoms with van der Waals surface area (Å²) >= 11 is 0. The number of para-hydroxylation sites is 2. The van der Waals surface area contributed by atoms with E-state index in [1.54, 1.807) is 0 Å². The molecule has 4 nitrogen and oxygen atoms in total. The summed E-state index contributed by atoms with van der Waals surface area (Å²) in [6.07, 6.45) is 0. The SMILES string of the molecule is CC1(C)c2cc3ccc(N(c4ccccc4)c4ccc5oc6ccccc6c5c4)cc3cc2-c2cc3oc(-c4ccccc4)nc3cc21. The molecule has 1 aliphatic rings. The molecule has 10 rings (SSSR count). The number of rotatable bonds is 4. The van der Waals surface area contributed by atoms with Gasteiger partial charge >= 0.3 is 0 Å². The summed E-state index contributed by atoms with van der Waals surface area (Å²) in [6, 6.07) is 51.3. The zero-order valence-electron chi connectivity index (χ0n) is 26.6. The fourth-order valence-corrected chi connectivity index (χ4v) is 7.60. The van der Waals surface area contributed by atoms with Crippen molar-refractivity contribution in [2.75, 3.05) is 4.90 Å². The monoisotopic (exact) mass is 618 g/mol. The number of hydrogen-bond acceptors (Lipinski definition) is 4. The average molecular weight is 619 g/mol. The first-order valence-electron chi connectivity index (χ1n) is 16.4. The first-order valence-corrected chi connectivity index (χ1v) is 16.4. The standard InChI is InChI=1S/C44H30N2O2/c1-44(2)37-23-28-17-18-31(46(30-13-7-4-8-14-30)32-19-20-41-36(24-32)33-15-9-10-16-40(33)47-41)21-29(28)22-34(37)35-25-42-39(26-38(35)44)45-43(48-42)27-11-5-3-6-12-27/h3-26H,1-2H3. The minimum absolute atomic E-state index is 0.170. The lowest BCUT2D eigenvalue weighted by Gasteiger charge is -2.26. The highest BCUT2D eigenvalue weighted by Crippen LogP contribution is 2.51. The molecule has 0 spiro atoms. The topological polar surface area (TPSA) is 42.4 Å². The maximum Gasteiger partial charge on any atom is 0.227 e. The Morgan fingerprint density at radius 2 is 1.19 bits per heavy atom. The average Bonchev–Trinajstić information content (AvgIpc) is 3.78. The minimum Gasteiger partial charge on any atom is -0.456 e. The molecule has 0 atom stereocenters. The van der Waals surface area contributed by atoms with E-state index in [0.717, 1.165) is 55.7 Å². The van der Waals surface area contributed by atoms with Gasteiger partial charge in [0.1, 0.15) is 16.7 Å². The van der Waals surface area contributed by atoms with Crippen LogP contribution in [-0.4, -0.2) is 4.98 Å². The largest absolute Gasteiger partial charge is 0.456 e. The normalized spacial score (nSPS) is 13.4. The smallest absolute Gasteiger partial charge is 0.227 e. The van der Waals surface area contributed by atoms with Gasteiger partial charge in [0.2, 0.25) is 5.89 Å². The summed E-state index contributed by atoms with van der Waals surface area (Å²) in [7, 11) is 0. The lowest BCUT2D eigenvalue weighted by atomic mass is 9.82. The van der Waals surface area contributed by atoms with Crippen LogP contribution in [0, 0.1) is 0 Å². The van der Waals surface area contributed by atoms with Gasteiger partial charge in [0.25, 0.3) is 0 Å². The summed E-state index contributed by atoms with van der Waals surface area (Å²) in [5.41, 5.74) is 12.6. The first-order chi connectivity index (χ1) is 23.5. The molecule has 2 heterocycles. The Bertz CT molecular complexity index is 2700. The lowest BCUT2D eigenvalue weighted by molar-refractivity contribution is 0.619. The molecule has 0 bridgehead atoms. The van der Waals surface area contributed by atoms with Gasteiger partial charge in [0, 0.05) is 38.8 Å². The molecule has 0 saturated heterocycles. The number of furan rings is 1. The Kier molecular flexibility index (Phi) is 5.59. The van der Waals surface area contributed by atoms with Crippen LogP contribution in [0.2, 0.25) is 0 Å². The number of hydrogen-bond donors (Lipinski definition) is 0. The van der Waals surface area contributed by atoms with Gasteiger partial charge in [0.05, 0.1) is 0 Å². The predicted octanol–water partition coefficient (Wildman–Crippen LogP) is 12.3. The van der Waals surface area contributed by atoms with Gasteiger partial charge in [-0.1, -0.05) is 74.5 Å². The maximum atomic E-state index is 6.33. The van der Waals surface area contributed by atoms with Crippen LogP contribution in [0.15, 0.2) is 154 Å². The van der Waals surface area contributed by atoms with Gasteiger partial charge in [-0.25, -0.2) is 4.98 Å². The van der Waals surface area contributed by atoms with Crippen molar-refractivity contribution in [1.82, 2.24) is 4.98 Å². The van der Waals surface area contributed by atoms with Crippen LogP contribution in [0.25, 0.3) is 66.4 Å². The van der Waals surface area contributed by atoms with Crippen molar-refractivity contribution in [3.05, 3.63) is 157 Å². The van der Waals surface area contributed by atoms with E-state index < -0.39 is 0 Å². The molecule has 7 aromatic carbocycles. The van der Waals surface area contributed by atoms with Crippen LogP contribution in [0.1, 0.15) is 25.0 Å². The van der Waals surface area contributed by atoms with Crippen molar-refractivity contribution in [2.24, 2.45) is 0 Å². The maximum absolute atomic E-state index is 6.33. The summed E-state index contributed by atoms with van der Waals surface area (Å²) < 4.78 is 12.5. The van der Waals surface area contributed by atoms with E-state index in [0.29, 0.717) is 5.89 Å². The van der Waals surface area contributed by atoms with Gasteiger partial charge in [-0.15, -0.1) is 0 Å². The third-order valence-corrected chi connectivity index (χ3v) is 10.0. The third kappa shape index (κ3) is 3.99. The summed E-state index contributed by atoms with van der Waals surface area (Å²) in [6.45, 7) is 4.63. The van der Waals surface area contributed by atoms with Gasteiger partial charge in [-0.3, -0.25) is 0 Å². The molecule has 48 heavy (non-hydrogen) atoms. The Hall–Kier alpha value is -6.13. The molecule has 0 amide bonds. The highest BCUT2D eigenvalue weighted by atomic mass is 16.3. The van der Waals surface area contributed by atoms with Crippen LogP contribution < -0.4 is 4.90 Å². The van der Waals surface area contributed by atoms with Crippen LogP contribution in [0.4, 0.5) is 17.1 Å². The summed E-state index contributed by atoms with van der Waals surface area (Å²) in [5, 5.41) is 4.63. The van der Waals surface area contributed by atoms with Gasteiger partial charge in [-0.2, -0.15) is 0 Å². The van der Waals surface area contributed by atoms with Crippen molar-refractivity contribution in [1.29, 1.82) is 0 Å². The molecular formula is C44H30N2O2. The number of anilines is 3. The third-order valence-electron chi connectivity index (χ3n) is 10.0. The molecule has 2 aromatic heterocycles. The number of aromatic nitrogens is 1. The molecular weight excluding hydrogens is 588 g/mol. The molecule has 228 valence electrons. The molecule has 1 aliphatic carbocycles. The number of nitrogens with zero attached hydrogens (tertiary/aromatic N) is 2. The van der Waals surface area contributed by atoms with Crippen LogP contribution in [-0.2, 0) is 5.41 Å². The van der Waals surface area contributed by atoms with Crippen molar-refractivity contribution in [3.8, 4) is 22.6 Å². The zero-order valence-corrected chi connectivity index (χ0v) is 26.6. The van der Waals surface area contributed by atoms with Crippen LogP contribution in [0.5, 0.6) is 0 Å². The molecule has 0 unspecified atom stereocenters. The Balaban J connectivity index is 1.13. The molecule has 9 aromatic rings. The quantitative estimate of drug-likeness (QED) is 0.197. The Labute approximate surface area is 277 Å². The number of oxazole rings is 1. The van der Waals surface area contributed by atoms with Gasteiger partial charge in [-0.05, 0) is 118 Å². The Morgan fingerprint density at radius 1 is 0.500 bits per heavy atom. The highest BCUT2D eigenvalue weighted by Gasteiger charge is 2.37. The second kappa shape index (κ2) is 9.93. The van der Waals surface area contributed by atoms with Crippen LogP contribution in [0.3, 0.4) is 0 Å². The van der Waals surface area contributed by atoms with E-state index >= 15 is 0 Å². The second-order valence-electron chi connectivity index (χ2n) is 13.3. The van der Waals surface area contributed by atoms with E-state index in [-0.39, 0.29) is 5.41 Å². The molecule has 0 fully saturated rings. The molecule has 0 saturated carbocycles. The van der Waals surface area contributed by atoms with Crippen molar-refractivity contribution in [3.63, 3.8) is 0 Å². The predicted molar refractivity (Wildman–Crippen MR) is 196 cm³/mol. The van der Waals surface area contributed by atoms with E-state index in [1.807, 2.05) is 42.5 Å². The molecule has 4 heteroatoms. The molecule has 0 radical (unpaired) electrons. The zero-order chi connectivity index (χ0) is 32.0. The highest BCUT2D eigenvalue weighted by molar-refractivity contribution is 6.07. The fraction of sp³-hybridized carbons (Fsp3) is 0.0682. The van der Waals surface area contributed by atoms with E-state index in [4.69, 9.17) is 13.8 Å². The van der Waals surface area contributed by atoms with Gasteiger partial charge in [0.15, 0.2) is 5.58 Å². The van der Waals surface area contributed by atoms with Crippen molar-refractivity contribution in [2.45, 2.75) is 19.3 Å². The summed E-state index contributed by atoms with van der Waals surface area (Å²) in [5.74, 6) is 0.651.